The molecule has 1 saturated heterocycles. The van der Waals surface area contributed by atoms with Crippen LogP contribution in [-0.4, -0.2) is 37.2 Å². The highest BCUT2D eigenvalue weighted by molar-refractivity contribution is 7.99. The van der Waals surface area contributed by atoms with Crippen LogP contribution in [0.25, 0.3) is 0 Å². The van der Waals surface area contributed by atoms with Gasteiger partial charge in [-0.05, 0) is 30.5 Å². The molecule has 0 aliphatic carbocycles. The van der Waals surface area contributed by atoms with Crippen molar-refractivity contribution in [1.29, 1.82) is 0 Å². The Kier molecular flexibility index (Phi) is 3.75. The van der Waals surface area contributed by atoms with E-state index in [4.69, 9.17) is 0 Å². The standard InChI is InChI=1S/C14H19FN2S/c15-12-2-1-11-3-6-17(14(11)9-12)7-4-13-10-18-8-5-16-13/h1-2,9,13,16H,3-8,10H2. The van der Waals surface area contributed by atoms with Gasteiger partial charge >= 0.3 is 0 Å². The first-order valence-corrected chi connectivity index (χ1v) is 7.83. The van der Waals surface area contributed by atoms with Crippen molar-refractivity contribution in [2.45, 2.75) is 18.9 Å². The molecular weight excluding hydrogens is 247 g/mol. The molecule has 1 aromatic rings. The van der Waals surface area contributed by atoms with E-state index in [1.165, 1.54) is 17.1 Å². The predicted octanol–water partition coefficient (Wildman–Crippen LogP) is 2.28. The molecule has 1 N–H and O–H groups in total. The average Bonchev–Trinajstić information content (AvgIpc) is 2.80. The summed E-state index contributed by atoms with van der Waals surface area (Å²) in [4.78, 5) is 2.33. The van der Waals surface area contributed by atoms with E-state index in [0.717, 1.165) is 38.2 Å². The molecule has 18 heavy (non-hydrogen) atoms. The third-order valence-electron chi connectivity index (χ3n) is 3.79. The first-order chi connectivity index (χ1) is 8.83. The highest BCUT2D eigenvalue weighted by atomic mass is 32.2. The van der Waals surface area contributed by atoms with Gasteiger partial charge in [-0.25, -0.2) is 4.39 Å². The minimum atomic E-state index is -0.119. The smallest absolute Gasteiger partial charge is 0.125 e. The number of thioether (sulfide) groups is 1. The van der Waals surface area contributed by atoms with Crippen LogP contribution in [0.2, 0.25) is 0 Å². The molecule has 1 fully saturated rings. The minimum absolute atomic E-state index is 0.119. The predicted molar refractivity (Wildman–Crippen MR) is 76.0 cm³/mol. The Morgan fingerprint density at radius 1 is 1.44 bits per heavy atom. The Balaban J connectivity index is 1.60. The zero-order chi connectivity index (χ0) is 12.4. The van der Waals surface area contributed by atoms with Gasteiger partial charge in [0.1, 0.15) is 5.82 Å². The van der Waals surface area contributed by atoms with Gasteiger partial charge in [-0.15, -0.1) is 0 Å². The van der Waals surface area contributed by atoms with Crippen molar-refractivity contribution >= 4 is 17.4 Å². The summed E-state index contributed by atoms with van der Waals surface area (Å²) < 4.78 is 13.3. The molecule has 0 aromatic heterocycles. The number of rotatable bonds is 3. The molecule has 0 radical (unpaired) electrons. The molecule has 0 amide bonds. The van der Waals surface area contributed by atoms with Crippen LogP contribution >= 0.6 is 11.8 Å². The van der Waals surface area contributed by atoms with E-state index in [-0.39, 0.29) is 5.82 Å². The van der Waals surface area contributed by atoms with Crippen LogP contribution < -0.4 is 10.2 Å². The quantitative estimate of drug-likeness (QED) is 0.903. The second-order valence-electron chi connectivity index (χ2n) is 5.02. The summed E-state index contributed by atoms with van der Waals surface area (Å²) in [5.41, 5.74) is 2.40. The number of halogens is 1. The van der Waals surface area contributed by atoms with E-state index in [1.54, 1.807) is 12.1 Å². The van der Waals surface area contributed by atoms with E-state index < -0.39 is 0 Å². The Morgan fingerprint density at radius 3 is 3.22 bits per heavy atom. The van der Waals surface area contributed by atoms with E-state index in [0.29, 0.717) is 6.04 Å². The summed E-state index contributed by atoms with van der Waals surface area (Å²) in [6, 6.07) is 5.81. The maximum atomic E-state index is 13.3. The van der Waals surface area contributed by atoms with Gasteiger partial charge in [-0.1, -0.05) is 6.07 Å². The molecule has 2 heterocycles. The Labute approximate surface area is 112 Å². The molecule has 2 aliphatic heterocycles. The van der Waals surface area contributed by atoms with Crippen molar-refractivity contribution in [3.05, 3.63) is 29.6 Å². The fraction of sp³-hybridized carbons (Fsp3) is 0.571. The lowest BCUT2D eigenvalue weighted by Crippen LogP contribution is -2.40. The number of fused-ring (bicyclic) bond motifs is 1. The van der Waals surface area contributed by atoms with Crippen LogP contribution in [0, 0.1) is 5.82 Å². The lowest BCUT2D eigenvalue weighted by Gasteiger charge is -2.26. The lowest BCUT2D eigenvalue weighted by atomic mass is 10.1. The number of hydrogen-bond acceptors (Lipinski definition) is 3. The van der Waals surface area contributed by atoms with Crippen LogP contribution in [0.15, 0.2) is 18.2 Å². The molecule has 1 atom stereocenters. The van der Waals surface area contributed by atoms with E-state index in [1.807, 2.05) is 17.8 Å². The van der Waals surface area contributed by atoms with Crippen LogP contribution in [0.1, 0.15) is 12.0 Å². The van der Waals surface area contributed by atoms with Crippen LogP contribution in [0.3, 0.4) is 0 Å². The van der Waals surface area contributed by atoms with Crippen molar-refractivity contribution < 1.29 is 4.39 Å². The fourth-order valence-electron chi connectivity index (χ4n) is 2.77. The fourth-order valence-corrected chi connectivity index (χ4v) is 3.77. The molecule has 4 heteroatoms. The molecular formula is C14H19FN2S. The molecule has 3 rings (SSSR count). The number of nitrogens with zero attached hydrogens (tertiary/aromatic N) is 1. The highest BCUT2D eigenvalue weighted by Gasteiger charge is 2.21. The first kappa shape index (κ1) is 12.3. The van der Waals surface area contributed by atoms with E-state index in [2.05, 4.69) is 10.2 Å². The lowest BCUT2D eigenvalue weighted by molar-refractivity contribution is 0.526. The Hall–Kier alpha value is -0.740. The van der Waals surface area contributed by atoms with Crippen molar-refractivity contribution in [2.75, 3.05) is 36.0 Å². The summed E-state index contributed by atoms with van der Waals surface area (Å²) in [6.07, 6.45) is 2.21. The molecule has 0 spiro atoms. The Bertz CT molecular complexity index is 418. The van der Waals surface area contributed by atoms with Gasteiger partial charge in [0.2, 0.25) is 0 Å². The summed E-state index contributed by atoms with van der Waals surface area (Å²) in [5, 5.41) is 3.56. The number of benzene rings is 1. The van der Waals surface area contributed by atoms with Crippen molar-refractivity contribution in [3.8, 4) is 0 Å². The summed E-state index contributed by atoms with van der Waals surface area (Å²) in [7, 11) is 0. The van der Waals surface area contributed by atoms with Crippen molar-refractivity contribution in [2.24, 2.45) is 0 Å². The monoisotopic (exact) mass is 266 g/mol. The SMILES string of the molecule is Fc1ccc2c(c1)N(CCC1CSCCN1)CC2. The van der Waals surface area contributed by atoms with Gasteiger partial charge in [0.25, 0.3) is 0 Å². The largest absolute Gasteiger partial charge is 0.371 e. The maximum absolute atomic E-state index is 13.3. The molecule has 1 unspecified atom stereocenters. The maximum Gasteiger partial charge on any atom is 0.125 e. The van der Waals surface area contributed by atoms with Crippen LogP contribution in [-0.2, 0) is 6.42 Å². The summed E-state index contributed by atoms with van der Waals surface area (Å²) in [6.45, 7) is 3.20. The zero-order valence-corrected chi connectivity index (χ0v) is 11.3. The first-order valence-electron chi connectivity index (χ1n) is 6.67. The van der Waals surface area contributed by atoms with Crippen molar-refractivity contribution in [1.82, 2.24) is 5.32 Å². The van der Waals surface area contributed by atoms with E-state index in [9.17, 15) is 4.39 Å². The van der Waals surface area contributed by atoms with Gasteiger partial charge in [0.05, 0.1) is 0 Å². The molecule has 2 nitrogen and oxygen atoms in total. The average molecular weight is 266 g/mol. The number of hydrogen-bond donors (Lipinski definition) is 1. The minimum Gasteiger partial charge on any atom is -0.371 e. The summed E-state index contributed by atoms with van der Waals surface area (Å²) >= 11 is 2.03. The van der Waals surface area contributed by atoms with Gasteiger partial charge < -0.3 is 10.2 Å². The second-order valence-corrected chi connectivity index (χ2v) is 6.17. The van der Waals surface area contributed by atoms with Crippen LogP contribution in [0.5, 0.6) is 0 Å². The van der Waals surface area contributed by atoms with Gasteiger partial charge in [-0.2, -0.15) is 11.8 Å². The summed E-state index contributed by atoms with van der Waals surface area (Å²) in [5.74, 6) is 2.32. The van der Waals surface area contributed by atoms with Gasteiger partial charge in [0.15, 0.2) is 0 Å². The Morgan fingerprint density at radius 2 is 2.39 bits per heavy atom. The second kappa shape index (κ2) is 5.49. The van der Waals surface area contributed by atoms with Crippen LogP contribution in [0.4, 0.5) is 10.1 Å². The molecule has 98 valence electrons. The van der Waals surface area contributed by atoms with E-state index >= 15 is 0 Å². The third kappa shape index (κ3) is 2.64. The third-order valence-corrected chi connectivity index (χ3v) is 4.92. The molecule has 2 aliphatic rings. The van der Waals surface area contributed by atoms with Crippen molar-refractivity contribution in [3.63, 3.8) is 0 Å². The molecule has 0 saturated carbocycles. The molecule has 0 bridgehead atoms. The topological polar surface area (TPSA) is 15.3 Å². The highest BCUT2D eigenvalue weighted by Crippen LogP contribution is 2.29. The van der Waals surface area contributed by atoms with Gasteiger partial charge in [0, 0.05) is 42.9 Å². The number of anilines is 1. The number of nitrogens with one attached hydrogen (secondary N) is 1. The van der Waals surface area contributed by atoms with Gasteiger partial charge in [-0.3, -0.25) is 0 Å². The normalized spacial score (nSPS) is 23.2. The zero-order valence-electron chi connectivity index (χ0n) is 10.5. The molecule has 1 aromatic carbocycles.